The zero-order valence-electron chi connectivity index (χ0n) is 17.3. The summed E-state index contributed by atoms with van der Waals surface area (Å²) in [5.74, 6) is -1.15. The Morgan fingerprint density at radius 3 is 2.71 bits per heavy atom. The van der Waals surface area contributed by atoms with E-state index in [4.69, 9.17) is 9.15 Å². The van der Waals surface area contributed by atoms with Crippen LogP contribution in [0.1, 0.15) is 28.4 Å². The maximum atomic E-state index is 12.9. The van der Waals surface area contributed by atoms with Gasteiger partial charge >= 0.3 is 11.6 Å². The van der Waals surface area contributed by atoms with Gasteiger partial charge in [0, 0.05) is 5.39 Å². The fourth-order valence-corrected chi connectivity index (χ4v) is 4.72. The van der Waals surface area contributed by atoms with Crippen molar-refractivity contribution < 1.29 is 18.7 Å². The second-order valence-electron chi connectivity index (χ2n) is 7.11. The monoisotopic (exact) mass is 436 g/mol. The molecular formula is C23H20N2O5S. The highest BCUT2D eigenvalue weighted by molar-refractivity contribution is 7.16. The first kappa shape index (κ1) is 20.7. The Morgan fingerprint density at radius 2 is 1.94 bits per heavy atom. The molecule has 2 heterocycles. The fraction of sp³-hybridized carbons (Fsp3) is 0.217. The lowest BCUT2D eigenvalue weighted by Gasteiger charge is -2.07. The summed E-state index contributed by atoms with van der Waals surface area (Å²) in [4.78, 5) is 42.0. The number of carbonyl (C=O) groups excluding carboxylic acids is 2. The topological polar surface area (TPSA) is 90.9 Å². The number of hydrogen-bond donors (Lipinski definition) is 0. The van der Waals surface area contributed by atoms with Crippen LogP contribution in [0, 0.1) is 13.8 Å². The Morgan fingerprint density at radius 1 is 1.16 bits per heavy atom. The molecule has 0 saturated heterocycles. The largest absolute Gasteiger partial charge is 0.465 e. The molecule has 31 heavy (non-hydrogen) atoms. The molecular weight excluding hydrogens is 416 g/mol. The molecule has 0 N–H and O–H groups in total. The van der Waals surface area contributed by atoms with Gasteiger partial charge in [-0.15, -0.1) is 0 Å². The number of benzene rings is 2. The average Bonchev–Trinajstić information content (AvgIpc) is 3.04. The van der Waals surface area contributed by atoms with E-state index in [1.165, 1.54) is 17.4 Å². The van der Waals surface area contributed by atoms with E-state index >= 15 is 0 Å². The molecule has 2 aromatic carbocycles. The Labute approximate surface area is 181 Å². The molecule has 4 aromatic rings. The Hall–Kier alpha value is -3.52. The second-order valence-corrected chi connectivity index (χ2v) is 8.12. The highest BCUT2D eigenvalue weighted by Crippen LogP contribution is 2.23. The molecule has 0 aliphatic carbocycles. The highest BCUT2D eigenvalue weighted by atomic mass is 32.1. The summed E-state index contributed by atoms with van der Waals surface area (Å²) in [7, 11) is 0. The summed E-state index contributed by atoms with van der Waals surface area (Å²) >= 11 is 1.28. The number of rotatable bonds is 4. The molecule has 0 aliphatic heterocycles. The van der Waals surface area contributed by atoms with Crippen molar-refractivity contribution >= 4 is 44.4 Å². The molecule has 1 amide bonds. The Kier molecular flexibility index (Phi) is 5.56. The van der Waals surface area contributed by atoms with Crippen LogP contribution in [0.25, 0.3) is 21.2 Å². The quantitative estimate of drug-likeness (QED) is 0.359. The molecule has 8 heteroatoms. The number of aromatic nitrogens is 1. The second kappa shape index (κ2) is 8.31. The van der Waals surface area contributed by atoms with E-state index < -0.39 is 17.5 Å². The van der Waals surface area contributed by atoms with Gasteiger partial charge in [0.15, 0.2) is 4.80 Å². The molecule has 0 radical (unpaired) electrons. The molecule has 0 aliphatic rings. The van der Waals surface area contributed by atoms with E-state index in [-0.39, 0.29) is 18.7 Å². The van der Waals surface area contributed by atoms with Crippen molar-refractivity contribution in [3.05, 3.63) is 74.4 Å². The number of nitrogens with zero attached hydrogens (tertiary/aromatic N) is 2. The van der Waals surface area contributed by atoms with Gasteiger partial charge < -0.3 is 13.7 Å². The van der Waals surface area contributed by atoms with Gasteiger partial charge in [-0.1, -0.05) is 35.6 Å². The van der Waals surface area contributed by atoms with Crippen molar-refractivity contribution in [2.45, 2.75) is 27.3 Å². The molecule has 0 fully saturated rings. The lowest BCUT2D eigenvalue weighted by molar-refractivity contribution is -0.143. The van der Waals surface area contributed by atoms with Crippen LogP contribution < -0.4 is 10.4 Å². The Bertz CT molecular complexity index is 1460. The van der Waals surface area contributed by atoms with Gasteiger partial charge in [0.05, 0.1) is 16.8 Å². The molecule has 0 atom stereocenters. The minimum Gasteiger partial charge on any atom is -0.465 e. The van der Waals surface area contributed by atoms with E-state index in [0.29, 0.717) is 15.8 Å². The van der Waals surface area contributed by atoms with Crippen molar-refractivity contribution in [2.75, 3.05) is 6.61 Å². The number of amides is 1. The van der Waals surface area contributed by atoms with Gasteiger partial charge in [-0.05, 0) is 50.1 Å². The lowest BCUT2D eigenvalue weighted by atomic mass is 10.1. The number of carbonyl (C=O) groups is 2. The highest BCUT2D eigenvalue weighted by Gasteiger charge is 2.17. The number of ether oxygens (including phenoxy) is 1. The fourth-order valence-electron chi connectivity index (χ4n) is 3.52. The predicted octanol–water partition coefficient (Wildman–Crippen LogP) is 3.73. The van der Waals surface area contributed by atoms with Crippen molar-refractivity contribution in [2.24, 2.45) is 4.99 Å². The van der Waals surface area contributed by atoms with Crippen molar-refractivity contribution in [3.63, 3.8) is 0 Å². The first-order valence-corrected chi connectivity index (χ1v) is 10.6. The van der Waals surface area contributed by atoms with Gasteiger partial charge in [-0.25, -0.2) is 4.79 Å². The number of para-hydroxylation sites is 1. The Balaban J connectivity index is 1.89. The van der Waals surface area contributed by atoms with Crippen LogP contribution in [0.2, 0.25) is 0 Å². The molecule has 0 saturated carbocycles. The van der Waals surface area contributed by atoms with E-state index in [2.05, 4.69) is 4.99 Å². The smallest absolute Gasteiger partial charge is 0.349 e. The third-order valence-corrected chi connectivity index (χ3v) is 5.80. The van der Waals surface area contributed by atoms with Crippen LogP contribution in [-0.2, 0) is 16.1 Å². The van der Waals surface area contributed by atoms with Crippen molar-refractivity contribution in [3.8, 4) is 0 Å². The molecule has 0 unspecified atom stereocenters. The maximum Gasteiger partial charge on any atom is 0.349 e. The van der Waals surface area contributed by atoms with Gasteiger partial charge in [-0.2, -0.15) is 4.99 Å². The number of aryl methyl sites for hydroxylation is 2. The number of fused-ring (bicyclic) bond motifs is 2. The first-order valence-electron chi connectivity index (χ1n) is 9.75. The van der Waals surface area contributed by atoms with Gasteiger partial charge in [0.25, 0.3) is 5.91 Å². The predicted molar refractivity (Wildman–Crippen MR) is 118 cm³/mol. The minimum atomic E-state index is -0.752. The summed E-state index contributed by atoms with van der Waals surface area (Å²) in [6.07, 6.45) is 0. The average molecular weight is 436 g/mol. The normalized spacial score (nSPS) is 11.9. The maximum absolute atomic E-state index is 12.9. The van der Waals surface area contributed by atoms with E-state index in [9.17, 15) is 14.4 Å². The molecule has 2 aromatic heterocycles. The summed E-state index contributed by atoms with van der Waals surface area (Å²) < 4.78 is 12.9. The zero-order valence-corrected chi connectivity index (χ0v) is 18.1. The minimum absolute atomic E-state index is 0.0871. The van der Waals surface area contributed by atoms with E-state index in [1.807, 2.05) is 26.0 Å². The van der Waals surface area contributed by atoms with Crippen LogP contribution in [-0.4, -0.2) is 23.1 Å². The standard InChI is InChI=1S/C23H20N2O5S/c1-4-29-19(26)12-25-20-14(3)9-13(2)10-18(20)31-23(25)24-21(27)16-11-15-7-5-6-8-17(15)30-22(16)28/h5-11H,4,12H2,1-3H3. The van der Waals surface area contributed by atoms with Gasteiger partial charge in [0.1, 0.15) is 17.7 Å². The van der Waals surface area contributed by atoms with Crippen molar-refractivity contribution in [1.82, 2.24) is 4.57 Å². The van der Waals surface area contributed by atoms with Crippen LogP contribution in [0.4, 0.5) is 0 Å². The van der Waals surface area contributed by atoms with E-state index in [1.54, 1.807) is 35.8 Å². The molecule has 0 spiro atoms. The van der Waals surface area contributed by atoms with Crippen LogP contribution in [0.5, 0.6) is 0 Å². The van der Waals surface area contributed by atoms with Crippen LogP contribution in [0.3, 0.4) is 0 Å². The number of esters is 1. The number of thiazole rings is 1. The summed E-state index contributed by atoms with van der Waals surface area (Å²) in [6.45, 7) is 5.81. The summed E-state index contributed by atoms with van der Waals surface area (Å²) in [5.41, 5.74) is 2.30. The third-order valence-electron chi connectivity index (χ3n) is 4.77. The van der Waals surface area contributed by atoms with Gasteiger partial charge in [0.2, 0.25) is 0 Å². The molecule has 4 rings (SSSR count). The zero-order chi connectivity index (χ0) is 22.1. The van der Waals surface area contributed by atoms with E-state index in [0.717, 1.165) is 21.3 Å². The summed E-state index contributed by atoms with van der Waals surface area (Å²) in [6, 6.07) is 12.4. The van der Waals surface area contributed by atoms with Crippen LogP contribution >= 0.6 is 11.3 Å². The third kappa shape index (κ3) is 4.06. The van der Waals surface area contributed by atoms with Gasteiger partial charge in [-0.3, -0.25) is 9.59 Å². The molecule has 0 bridgehead atoms. The van der Waals surface area contributed by atoms with Crippen LogP contribution in [0.15, 0.2) is 56.7 Å². The molecule has 7 nitrogen and oxygen atoms in total. The summed E-state index contributed by atoms with van der Waals surface area (Å²) in [5, 5.41) is 0.628. The number of hydrogen-bond acceptors (Lipinski definition) is 6. The molecule has 158 valence electrons. The lowest BCUT2D eigenvalue weighted by Crippen LogP contribution is -2.24. The van der Waals surface area contributed by atoms with Crippen molar-refractivity contribution in [1.29, 1.82) is 0 Å². The SMILES string of the molecule is CCOC(=O)Cn1c(=NC(=O)c2cc3ccccc3oc2=O)sc2cc(C)cc(C)c21. The first-order chi connectivity index (χ1) is 14.9.